The third-order valence-corrected chi connectivity index (χ3v) is 10.5. The highest BCUT2D eigenvalue weighted by molar-refractivity contribution is 6.25. The molecule has 0 unspecified atom stereocenters. The van der Waals surface area contributed by atoms with Gasteiger partial charge in [-0.3, -0.25) is 0 Å². The Kier molecular flexibility index (Phi) is 8.22. The highest BCUT2D eigenvalue weighted by Gasteiger charge is 2.39. The van der Waals surface area contributed by atoms with Crippen LogP contribution in [0, 0.1) is 0 Å². The van der Waals surface area contributed by atoms with Crippen LogP contribution in [0.25, 0.3) is 32.3 Å². The van der Waals surface area contributed by atoms with Crippen molar-refractivity contribution >= 4 is 32.3 Å². The van der Waals surface area contributed by atoms with Gasteiger partial charge >= 0.3 is 0 Å². The smallest absolute Gasteiger partial charge is 0.141 e. The summed E-state index contributed by atoms with van der Waals surface area (Å²) in [6.45, 7) is 0. The molecule has 0 aliphatic rings. The van der Waals surface area contributed by atoms with Gasteiger partial charge in [0.1, 0.15) is 34.2 Å². The van der Waals surface area contributed by atoms with Crippen molar-refractivity contribution in [3.63, 3.8) is 0 Å². The zero-order chi connectivity index (χ0) is 36.0. The molecule has 6 heteroatoms. The second-order valence-corrected chi connectivity index (χ2v) is 13.0. The van der Waals surface area contributed by atoms with Crippen LogP contribution in [0.4, 0.5) is 0 Å². The van der Waals surface area contributed by atoms with E-state index in [0.29, 0.717) is 45.3 Å². The quantitative estimate of drug-likeness (QED) is 0.110. The number of aliphatic hydroxyl groups is 2. The molecule has 8 aromatic rings. The van der Waals surface area contributed by atoms with Crippen molar-refractivity contribution in [3.05, 3.63) is 179 Å². The summed E-state index contributed by atoms with van der Waals surface area (Å²) in [6.07, 6.45) is 0. The maximum atomic E-state index is 13.2. The van der Waals surface area contributed by atoms with Crippen molar-refractivity contribution in [2.45, 2.75) is 11.2 Å². The lowest BCUT2D eigenvalue weighted by molar-refractivity contribution is 0.126. The third-order valence-electron chi connectivity index (χ3n) is 10.5. The fourth-order valence-electron chi connectivity index (χ4n) is 7.73. The van der Waals surface area contributed by atoms with Crippen molar-refractivity contribution in [2.75, 3.05) is 28.4 Å². The number of hydrogen-bond donors (Lipinski definition) is 2. The van der Waals surface area contributed by atoms with Gasteiger partial charge in [-0.1, -0.05) is 91.0 Å². The Morgan fingerprint density at radius 3 is 1.15 bits per heavy atom. The monoisotopic (exact) mass is 686 g/mol. The lowest BCUT2D eigenvalue weighted by Crippen LogP contribution is -2.30. The van der Waals surface area contributed by atoms with Gasteiger partial charge in [-0.25, -0.2) is 0 Å². The van der Waals surface area contributed by atoms with Crippen molar-refractivity contribution < 1.29 is 29.2 Å². The van der Waals surface area contributed by atoms with Crippen LogP contribution in [0.3, 0.4) is 0 Å². The fourth-order valence-corrected chi connectivity index (χ4v) is 7.73. The van der Waals surface area contributed by atoms with Gasteiger partial charge < -0.3 is 29.2 Å². The summed E-state index contributed by atoms with van der Waals surface area (Å²) in [6, 6.07) is 46.7. The molecule has 6 nitrogen and oxygen atoms in total. The minimum atomic E-state index is -1.54. The molecule has 0 saturated heterocycles. The second kappa shape index (κ2) is 12.9. The summed E-state index contributed by atoms with van der Waals surface area (Å²) in [5.41, 5.74) is 1.18. The highest BCUT2D eigenvalue weighted by atomic mass is 16.5. The van der Waals surface area contributed by atoms with Crippen molar-refractivity contribution in [1.29, 1.82) is 0 Å². The number of hydrogen-bond acceptors (Lipinski definition) is 6. The minimum absolute atomic E-state index is 0.697. The molecule has 0 aliphatic carbocycles. The number of rotatable bonds is 10. The Labute approximate surface area is 302 Å². The summed E-state index contributed by atoms with van der Waals surface area (Å²) in [5, 5.41) is 32.1. The molecule has 0 aliphatic heterocycles. The van der Waals surface area contributed by atoms with Gasteiger partial charge in [0, 0.05) is 11.1 Å². The van der Waals surface area contributed by atoms with Gasteiger partial charge in [-0.15, -0.1) is 0 Å². The molecule has 0 amide bonds. The number of ether oxygens (including phenoxy) is 4. The predicted octanol–water partition coefficient (Wildman–Crippen LogP) is 9.19. The van der Waals surface area contributed by atoms with Gasteiger partial charge in [0.05, 0.1) is 28.4 Å². The molecule has 52 heavy (non-hydrogen) atoms. The van der Waals surface area contributed by atoms with E-state index in [0.717, 1.165) is 43.4 Å². The predicted molar refractivity (Wildman–Crippen MR) is 206 cm³/mol. The van der Waals surface area contributed by atoms with Gasteiger partial charge in [0.15, 0.2) is 0 Å². The van der Waals surface area contributed by atoms with E-state index < -0.39 is 11.2 Å². The standard InChI is InChI=1S/C46H38O6/c1-49-35-18-10-31(11-19-35)45(47,32-12-20-36(50-2)21-13-32)41-27-9-30-28-42(39-7-5-6-29-8-26-40(41)44(30)43(29)39)46(48,33-14-22-37(51-3)23-15-33)34-16-24-38(52-4)25-17-34/h5-28,47-48H,1-4H3. The summed E-state index contributed by atoms with van der Waals surface area (Å²) >= 11 is 0. The van der Waals surface area contributed by atoms with Crippen LogP contribution in [-0.2, 0) is 11.2 Å². The first-order valence-electron chi connectivity index (χ1n) is 17.1. The van der Waals surface area contributed by atoms with E-state index in [9.17, 15) is 10.2 Å². The Morgan fingerprint density at radius 2 is 0.731 bits per heavy atom. The molecular formula is C46H38O6. The maximum Gasteiger partial charge on any atom is 0.141 e. The molecule has 0 saturated carbocycles. The topological polar surface area (TPSA) is 77.4 Å². The molecule has 8 aromatic carbocycles. The first-order valence-corrected chi connectivity index (χ1v) is 17.1. The van der Waals surface area contributed by atoms with Crippen LogP contribution < -0.4 is 18.9 Å². The lowest BCUT2D eigenvalue weighted by Gasteiger charge is -2.34. The fraction of sp³-hybridized carbons (Fsp3) is 0.130. The maximum absolute atomic E-state index is 13.2. The first-order chi connectivity index (χ1) is 25.3. The second-order valence-electron chi connectivity index (χ2n) is 13.0. The molecular weight excluding hydrogens is 648 g/mol. The van der Waals surface area contributed by atoms with E-state index in [2.05, 4.69) is 30.3 Å². The minimum Gasteiger partial charge on any atom is -0.497 e. The zero-order valence-corrected chi connectivity index (χ0v) is 29.4. The van der Waals surface area contributed by atoms with Gasteiger partial charge in [-0.05, 0) is 109 Å². The van der Waals surface area contributed by atoms with E-state index in [-0.39, 0.29) is 0 Å². The summed E-state index contributed by atoms with van der Waals surface area (Å²) in [7, 11) is 6.52. The van der Waals surface area contributed by atoms with Gasteiger partial charge in [0.25, 0.3) is 0 Å². The van der Waals surface area contributed by atoms with Gasteiger partial charge in [-0.2, -0.15) is 0 Å². The molecule has 0 fully saturated rings. The summed E-state index contributed by atoms with van der Waals surface area (Å²) < 4.78 is 21.9. The van der Waals surface area contributed by atoms with E-state index in [1.807, 2.05) is 115 Å². The molecule has 0 atom stereocenters. The van der Waals surface area contributed by atoms with Gasteiger partial charge in [0.2, 0.25) is 0 Å². The Bertz CT molecular complexity index is 2400. The third kappa shape index (κ3) is 5.10. The molecule has 0 radical (unpaired) electrons. The molecule has 0 bridgehead atoms. The Hall–Kier alpha value is -6.08. The van der Waals surface area contributed by atoms with Crippen molar-refractivity contribution in [1.82, 2.24) is 0 Å². The van der Waals surface area contributed by atoms with Crippen LogP contribution in [0.1, 0.15) is 33.4 Å². The summed E-state index contributed by atoms with van der Waals surface area (Å²) in [5.74, 6) is 2.80. The van der Waals surface area contributed by atoms with Crippen LogP contribution in [0.5, 0.6) is 23.0 Å². The average Bonchev–Trinajstić information content (AvgIpc) is 3.22. The van der Waals surface area contributed by atoms with Crippen molar-refractivity contribution in [2.24, 2.45) is 0 Å². The number of methoxy groups -OCH3 is 4. The largest absolute Gasteiger partial charge is 0.497 e. The van der Waals surface area contributed by atoms with Crippen LogP contribution in [-0.4, -0.2) is 38.7 Å². The summed E-state index contributed by atoms with van der Waals surface area (Å²) in [4.78, 5) is 0. The molecule has 0 spiro atoms. The lowest BCUT2D eigenvalue weighted by atomic mass is 9.74. The molecule has 0 aromatic heterocycles. The Balaban J connectivity index is 1.43. The van der Waals surface area contributed by atoms with Crippen LogP contribution in [0.15, 0.2) is 146 Å². The van der Waals surface area contributed by atoms with E-state index in [1.54, 1.807) is 28.4 Å². The van der Waals surface area contributed by atoms with Crippen LogP contribution >= 0.6 is 0 Å². The number of benzene rings is 8. The SMILES string of the molecule is COc1ccc(C(O)(c2ccc(OC)cc2)c2cc3ccc(C(O)(c4ccc(OC)cc4)c4ccc(OC)cc4)c4ccc5cccc2c5c34)cc1. The van der Waals surface area contributed by atoms with Crippen LogP contribution in [0.2, 0.25) is 0 Å². The first kappa shape index (κ1) is 33.1. The molecule has 0 heterocycles. The molecule has 258 valence electrons. The Morgan fingerprint density at radius 1 is 0.365 bits per heavy atom. The van der Waals surface area contributed by atoms with E-state index >= 15 is 0 Å². The van der Waals surface area contributed by atoms with Crippen molar-refractivity contribution in [3.8, 4) is 23.0 Å². The van der Waals surface area contributed by atoms with E-state index in [1.165, 1.54) is 0 Å². The van der Waals surface area contributed by atoms with E-state index in [4.69, 9.17) is 18.9 Å². The average molecular weight is 687 g/mol. The zero-order valence-electron chi connectivity index (χ0n) is 29.4. The molecule has 8 rings (SSSR count). The highest BCUT2D eigenvalue weighted by Crippen LogP contribution is 2.48. The molecule has 2 N–H and O–H groups in total. The normalized spacial score (nSPS) is 12.0.